The Bertz CT molecular complexity index is 952. The number of imidazole rings is 1. The Morgan fingerprint density at radius 1 is 1.04 bits per heavy atom. The van der Waals surface area contributed by atoms with Crippen LogP contribution in [-0.2, 0) is 0 Å². The SMILES string of the molecule is Cc1ccccc1-c1ccc(-n2cncc2C(=O)N(C)C2CCCCC2)cc1. The second-order valence-electron chi connectivity index (χ2n) is 7.72. The molecule has 0 radical (unpaired) electrons. The largest absolute Gasteiger partial charge is 0.337 e. The zero-order valence-electron chi connectivity index (χ0n) is 16.6. The molecular formula is C24H27N3O. The number of rotatable bonds is 4. The number of benzene rings is 2. The molecule has 1 heterocycles. The summed E-state index contributed by atoms with van der Waals surface area (Å²) in [4.78, 5) is 19.3. The van der Waals surface area contributed by atoms with Crippen molar-refractivity contribution in [3.63, 3.8) is 0 Å². The van der Waals surface area contributed by atoms with Crippen molar-refractivity contribution in [1.82, 2.24) is 14.5 Å². The van der Waals surface area contributed by atoms with Gasteiger partial charge in [-0.3, -0.25) is 9.36 Å². The van der Waals surface area contributed by atoms with Crippen molar-refractivity contribution in [2.75, 3.05) is 7.05 Å². The van der Waals surface area contributed by atoms with Gasteiger partial charge in [0.2, 0.25) is 0 Å². The molecule has 1 aliphatic carbocycles. The van der Waals surface area contributed by atoms with Gasteiger partial charge in [0, 0.05) is 18.8 Å². The van der Waals surface area contributed by atoms with E-state index in [1.54, 1.807) is 12.5 Å². The zero-order chi connectivity index (χ0) is 19.5. The van der Waals surface area contributed by atoms with Crippen molar-refractivity contribution in [2.45, 2.75) is 45.1 Å². The van der Waals surface area contributed by atoms with Crippen molar-refractivity contribution in [2.24, 2.45) is 0 Å². The van der Waals surface area contributed by atoms with Crippen LogP contribution in [0.2, 0.25) is 0 Å². The Hall–Kier alpha value is -2.88. The first-order chi connectivity index (χ1) is 13.6. The van der Waals surface area contributed by atoms with Crippen molar-refractivity contribution in [3.05, 3.63) is 72.3 Å². The van der Waals surface area contributed by atoms with Gasteiger partial charge >= 0.3 is 0 Å². The van der Waals surface area contributed by atoms with Crippen LogP contribution in [0.15, 0.2) is 61.1 Å². The third-order valence-electron chi connectivity index (χ3n) is 5.90. The number of hydrogen-bond acceptors (Lipinski definition) is 2. The molecule has 0 bridgehead atoms. The lowest BCUT2D eigenvalue weighted by Gasteiger charge is -2.31. The molecule has 1 aromatic heterocycles. The van der Waals surface area contributed by atoms with E-state index in [0.29, 0.717) is 11.7 Å². The summed E-state index contributed by atoms with van der Waals surface area (Å²) in [6, 6.07) is 17.0. The molecule has 1 saturated carbocycles. The van der Waals surface area contributed by atoms with Crippen molar-refractivity contribution >= 4 is 5.91 Å². The van der Waals surface area contributed by atoms with E-state index in [1.807, 2.05) is 16.5 Å². The summed E-state index contributed by atoms with van der Waals surface area (Å²) in [6.07, 6.45) is 9.30. The van der Waals surface area contributed by atoms with Crippen LogP contribution in [-0.4, -0.2) is 33.4 Å². The molecule has 0 N–H and O–H groups in total. The predicted octanol–water partition coefficient (Wildman–Crippen LogP) is 5.25. The van der Waals surface area contributed by atoms with Gasteiger partial charge in [-0.15, -0.1) is 0 Å². The molecule has 0 spiro atoms. The van der Waals surface area contributed by atoms with E-state index < -0.39 is 0 Å². The van der Waals surface area contributed by atoms with E-state index in [0.717, 1.165) is 18.5 Å². The number of carbonyl (C=O) groups is 1. The van der Waals surface area contributed by atoms with Crippen LogP contribution >= 0.6 is 0 Å². The van der Waals surface area contributed by atoms with Crippen LogP contribution in [0.3, 0.4) is 0 Å². The van der Waals surface area contributed by atoms with Crippen molar-refractivity contribution < 1.29 is 4.79 Å². The van der Waals surface area contributed by atoms with E-state index in [-0.39, 0.29) is 5.91 Å². The van der Waals surface area contributed by atoms with E-state index in [4.69, 9.17) is 0 Å². The lowest BCUT2D eigenvalue weighted by molar-refractivity contribution is 0.0688. The first-order valence-corrected chi connectivity index (χ1v) is 10.1. The number of aromatic nitrogens is 2. The van der Waals surface area contributed by atoms with Gasteiger partial charge in [0.25, 0.3) is 5.91 Å². The van der Waals surface area contributed by atoms with Crippen LogP contribution < -0.4 is 0 Å². The molecule has 1 amide bonds. The second kappa shape index (κ2) is 8.01. The fourth-order valence-electron chi connectivity index (χ4n) is 4.17. The third-order valence-corrected chi connectivity index (χ3v) is 5.90. The number of amides is 1. The fraction of sp³-hybridized carbons (Fsp3) is 0.333. The van der Waals surface area contributed by atoms with Gasteiger partial charge in [-0.1, -0.05) is 55.7 Å². The lowest BCUT2D eigenvalue weighted by Crippen LogP contribution is -2.39. The summed E-state index contributed by atoms with van der Waals surface area (Å²) >= 11 is 0. The molecule has 4 rings (SSSR count). The van der Waals surface area contributed by atoms with Crippen molar-refractivity contribution in [3.8, 4) is 16.8 Å². The highest BCUT2D eigenvalue weighted by Gasteiger charge is 2.25. The molecule has 28 heavy (non-hydrogen) atoms. The third kappa shape index (κ3) is 3.59. The molecule has 0 aliphatic heterocycles. The van der Waals surface area contributed by atoms with Gasteiger partial charge in [0.1, 0.15) is 5.69 Å². The molecule has 3 aromatic rings. The smallest absolute Gasteiger partial charge is 0.272 e. The highest BCUT2D eigenvalue weighted by molar-refractivity contribution is 5.93. The Labute approximate surface area is 166 Å². The van der Waals surface area contributed by atoms with Crippen molar-refractivity contribution in [1.29, 1.82) is 0 Å². The molecule has 4 heteroatoms. The summed E-state index contributed by atoms with van der Waals surface area (Å²) in [5.74, 6) is 0.0485. The van der Waals surface area contributed by atoms with Crippen LogP contribution in [0, 0.1) is 6.92 Å². The summed E-state index contributed by atoms with van der Waals surface area (Å²) in [6.45, 7) is 2.12. The monoisotopic (exact) mass is 373 g/mol. The quantitative estimate of drug-likeness (QED) is 0.626. The van der Waals surface area contributed by atoms with E-state index in [1.165, 1.54) is 36.0 Å². The lowest BCUT2D eigenvalue weighted by atomic mass is 9.94. The first-order valence-electron chi connectivity index (χ1n) is 10.1. The minimum absolute atomic E-state index is 0.0485. The molecule has 1 aliphatic rings. The Morgan fingerprint density at radius 3 is 2.46 bits per heavy atom. The molecule has 1 fully saturated rings. The molecule has 2 aromatic carbocycles. The van der Waals surface area contributed by atoms with Gasteiger partial charge in [0.05, 0.1) is 12.5 Å². The normalized spacial score (nSPS) is 14.8. The van der Waals surface area contributed by atoms with Gasteiger partial charge in [0.15, 0.2) is 0 Å². The maximum atomic E-state index is 13.1. The summed E-state index contributed by atoms with van der Waals surface area (Å²) < 4.78 is 1.89. The number of carbonyl (C=O) groups excluding carboxylic acids is 1. The first kappa shape index (κ1) is 18.5. The Kier molecular flexibility index (Phi) is 5.29. The summed E-state index contributed by atoms with van der Waals surface area (Å²) in [7, 11) is 1.93. The highest BCUT2D eigenvalue weighted by atomic mass is 16.2. The average molecular weight is 374 g/mol. The molecular weight excluding hydrogens is 346 g/mol. The molecule has 4 nitrogen and oxygen atoms in total. The number of nitrogens with zero attached hydrogens (tertiary/aromatic N) is 3. The van der Waals surface area contributed by atoms with Crippen LogP contribution in [0.5, 0.6) is 0 Å². The van der Waals surface area contributed by atoms with Crippen LogP contribution in [0.4, 0.5) is 0 Å². The maximum absolute atomic E-state index is 13.1. The minimum atomic E-state index is 0.0485. The van der Waals surface area contributed by atoms with Crippen LogP contribution in [0.1, 0.15) is 48.2 Å². The molecule has 0 unspecified atom stereocenters. The summed E-state index contributed by atoms with van der Waals surface area (Å²) in [5.41, 5.74) is 5.23. The van der Waals surface area contributed by atoms with Gasteiger partial charge < -0.3 is 4.90 Å². The number of hydrogen-bond donors (Lipinski definition) is 0. The fourth-order valence-corrected chi connectivity index (χ4v) is 4.17. The highest BCUT2D eigenvalue weighted by Crippen LogP contribution is 2.26. The van der Waals surface area contributed by atoms with E-state index >= 15 is 0 Å². The molecule has 144 valence electrons. The average Bonchev–Trinajstić information content (AvgIpc) is 3.24. The standard InChI is InChI=1S/C24H27N3O/c1-18-8-6-7-11-22(18)19-12-14-21(15-13-19)27-17-25-16-23(27)24(28)26(2)20-9-4-3-5-10-20/h6-8,11-17,20H,3-5,9-10H2,1-2H3. The predicted molar refractivity (Wildman–Crippen MR) is 113 cm³/mol. The van der Waals surface area contributed by atoms with Gasteiger partial charge in [-0.25, -0.2) is 4.98 Å². The van der Waals surface area contributed by atoms with Gasteiger partial charge in [-0.2, -0.15) is 0 Å². The minimum Gasteiger partial charge on any atom is -0.337 e. The summed E-state index contributed by atoms with van der Waals surface area (Å²) in [5, 5.41) is 0. The Morgan fingerprint density at radius 2 is 1.75 bits per heavy atom. The second-order valence-corrected chi connectivity index (χ2v) is 7.72. The van der Waals surface area contributed by atoms with Gasteiger partial charge in [-0.05, 0) is 48.6 Å². The Balaban J connectivity index is 1.58. The van der Waals surface area contributed by atoms with E-state index in [2.05, 4.69) is 60.4 Å². The van der Waals surface area contributed by atoms with E-state index in [9.17, 15) is 4.79 Å². The zero-order valence-corrected chi connectivity index (χ0v) is 16.6. The maximum Gasteiger partial charge on any atom is 0.272 e. The molecule has 0 atom stereocenters. The molecule has 0 saturated heterocycles. The van der Waals surface area contributed by atoms with Crippen LogP contribution in [0.25, 0.3) is 16.8 Å². The number of aryl methyl sites for hydroxylation is 1. The topological polar surface area (TPSA) is 38.1 Å².